The fourth-order valence-corrected chi connectivity index (χ4v) is 2.69. The quantitative estimate of drug-likeness (QED) is 0.871. The highest BCUT2D eigenvalue weighted by Gasteiger charge is 2.20. The minimum absolute atomic E-state index is 0.672. The van der Waals surface area contributed by atoms with E-state index in [9.17, 15) is 0 Å². The average Bonchev–Trinajstić information content (AvgIpc) is 2.68. The van der Waals surface area contributed by atoms with E-state index in [1.807, 2.05) is 14.0 Å². The molecule has 1 heterocycles. The molecule has 96 valence electrons. The number of hydrogen-bond acceptors (Lipinski definition) is 3. The smallest absolute Gasteiger partial charge is 0.146 e. The Labute approximate surface area is 104 Å². The number of hydrogen-bond donors (Lipinski definition) is 1. The molecule has 0 saturated heterocycles. The summed E-state index contributed by atoms with van der Waals surface area (Å²) in [7, 11) is 2.03. The SMILES string of the molecule is CCC1CCCC(NCc2nnc(C)n2C)C1. The van der Waals surface area contributed by atoms with Gasteiger partial charge in [-0.25, -0.2) is 0 Å². The molecule has 0 aromatic carbocycles. The predicted molar refractivity (Wildman–Crippen MR) is 68.6 cm³/mol. The summed E-state index contributed by atoms with van der Waals surface area (Å²) in [4.78, 5) is 0. The summed E-state index contributed by atoms with van der Waals surface area (Å²) in [5.74, 6) is 2.94. The van der Waals surface area contributed by atoms with Crippen molar-refractivity contribution in [3.8, 4) is 0 Å². The van der Waals surface area contributed by atoms with Crippen LogP contribution in [0.1, 0.15) is 50.7 Å². The summed E-state index contributed by atoms with van der Waals surface area (Å²) in [6, 6.07) is 0.672. The molecule has 2 atom stereocenters. The van der Waals surface area contributed by atoms with E-state index in [0.717, 1.165) is 24.1 Å². The van der Waals surface area contributed by atoms with Crippen molar-refractivity contribution in [2.75, 3.05) is 0 Å². The number of aryl methyl sites for hydroxylation is 1. The molecule has 0 bridgehead atoms. The standard InChI is InChI=1S/C13H24N4/c1-4-11-6-5-7-12(8-11)14-9-13-16-15-10(2)17(13)3/h11-12,14H,4-9H2,1-3H3. The highest BCUT2D eigenvalue weighted by atomic mass is 15.3. The summed E-state index contributed by atoms with van der Waals surface area (Å²) >= 11 is 0. The Morgan fingerprint density at radius 2 is 2.18 bits per heavy atom. The zero-order valence-electron chi connectivity index (χ0n) is 11.2. The van der Waals surface area contributed by atoms with Crippen LogP contribution in [0.3, 0.4) is 0 Å². The second-order valence-electron chi connectivity index (χ2n) is 5.24. The van der Waals surface area contributed by atoms with E-state index in [0.29, 0.717) is 6.04 Å². The van der Waals surface area contributed by atoms with Crippen molar-refractivity contribution >= 4 is 0 Å². The fraction of sp³-hybridized carbons (Fsp3) is 0.846. The molecule has 1 aromatic heterocycles. The van der Waals surface area contributed by atoms with Gasteiger partial charge in [-0.15, -0.1) is 10.2 Å². The van der Waals surface area contributed by atoms with Crippen molar-refractivity contribution in [2.24, 2.45) is 13.0 Å². The van der Waals surface area contributed by atoms with Crippen molar-refractivity contribution < 1.29 is 0 Å². The largest absolute Gasteiger partial charge is 0.317 e. The zero-order valence-corrected chi connectivity index (χ0v) is 11.2. The Balaban J connectivity index is 1.83. The summed E-state index contributed by atoms with van der Waals surface area (Å²) in [6.07, 6.45) is 6.74. The van der Waals surface area contributed by atoms with Gasteiger partial charge in [-0.1, -0.05) is 26.2 Å². The van der Waals surface area contributed by atoms with Gasteiger partial charge in [0.2, 0.25) is 0 Å². The van der Waals surface area contributed by atoms with Gasteiger partial charge in [-0.05, 0) is 25.7 Å². The molecule has 1 aliphatic rings. The van der Waals surface area contributed by atoms with Gasteiger partial charge >= 0.3 is 0 Å². The van der Waals surface area contributed by atoms with Gasteiger partial charge in [0.25, 0.3) is 0 Å². The zero-order chi connectivity index (χ0) is 12.3. The minimum Gasteiger partial charge on any atom is -0.317 e. The van der Waals surface area contributed by atoms with Crippen LogP contribution in [-0.4, -0.2) is 20.8 Å². The molecule has 1 N–H and O–H groups in total. The molecule has 1 fully saturated rings. The lowest BCUT2D eigenvalue weighted by molar-refractivity contribution is 0.276. The van der Waals surface area contributed by atoms with Crippen molar-refractivity contribution in [2.45, 2.75) is 58.5 Å². The number of rotatable bonds is 4. The van der Waals surface area contributed by atoms with Crippen molar-refractivity contribution in [3.63, 3.8) is 0 Å². The second-order valence-corrected chi connectivity index (χ2v) is 5.24. The maximum Gasteiger partial charge on any atom is 0.146 e. The molecule has 4 nitrogen and oxygen atoms in total. The molecule has 0 aliphatic heterocycles. The van der Waals surface area contributed by atoms with Gasteiger partial charge < -0.3 is 9.88 Å². The van der Waals surface area contributed by atoms with Crippen LogP contribution in [0.15, 0.2) is 0 Å². The molecule has 17 heavy (non-hydrogen) atoms. The van der Waals surface area contributed by atoms with Gasteiger partial charge in [-0.2, -0.15) is 0 Å². The third kappa shape index (κ3) is 3.06. The molecule has 1 aliphatic carbocycles. The van der Waals surface area contributed by atoms with E-state index in [2.05, 4.69) is 27.0 Å². The van der Waals surface area contributed by atoms with Gasteiger partial charge in [0.1, 0.15) is 11.6 Å². The molecular weight excluding hydrogens is 212 g/mol. The highest BCUT2D eigenvalue weighted by molar-refractivity contribution is 4.92. The molecule has 1 saturated carbocycles. The molecule has 0 amide bonds. The highest BCUT2D eigenvalue weighted by Crippen LogP contribution is 2.26. The van der Waals surface area contributed by atoms with Crippen LogP contribution in [0, 0.1) is 12.8 Å². The van der Waals surface area contributed by atoms with Crippen molar-refractivity contribution in [3.05, 3.63) is 11.6 Å². The number of nitrogens with one attached hydrogen (secondary N) is 1. The normalized spacial score (nSPS) is 25.1. The molecule has 0 radical (unpaired) electrons. The second kappa shape index (κ2) is 5.63. The van der Waals surface area contributed by atoms with E-state index >= 15 is 0 Å². The van der Waals surface area contributed by atoms with Gasteiger partial charge in [-0.3, -0.25) is 0 Å². The first-order chi connectivity index (χ1) is 8.20. The van der Waals surface area contributed by atoms with Gasteiger partial charge in [0.05, 0.1) is 6.54 Å². The van der Waals surface area contributed by atoms with Crippen LogP contribution in [-0.2, 0) is 13.6 Å². The van der Waals surface area contributed by atoms with Crippen LogP contribution < -0.4 is 5.32 Å². The lowest BCUT2D eigenvalue weighted by Crippen LogP contribution is -2.34. The van der Waals surface area contributed by atoms with Crippen LogP contribution in [0.5, 0.6) is 0 Å². The van der Waals surface area contributed by atoms with E-state index in [-0.39, 0.29) is 0 Å². The molecule has 4 heteroatoms. The summed E-state index contributed by atoms with van der Waals surface area (Å²) < 4.78 is 2.06. The Bertz CT molecular complexity index is 358. The molecule has 2 unspecified atom stereocenters. The first kappa shape index (κ1) is 12.6. The molecular formula is C13H24N4. The Morgan fingerprint density at radius 3 is 2.82 bits per heavy atom. The molecule has 2 rings (SSSR count). The van der Waals surface area contributed by atoms with Gasteiger partial charge in [0.15, 0.2) is 0 Å². The third-order valence-electron chi connectivity index (χ3n) is 4.09. The average molecular weight is 236 g/mol. The van der Waals surface area contributed by atoms with E-state index in [4.69, 9.17) is 0 Å². The Kier molecular flexibility index (Phi) is 4.15. The lowest BCUT2D eigenvalue weighted by atomic mass is 9.84. The molecule has 1 aromatic rings. The van der Waals surface area contributed by atoms with Crippen LogP contribution in [0.4, 0.5) is 0 Å². The predicted octanol–water partition coefficient (Wildman–Crippen LogP) is 2.18. The number of aromatic nitrogens is 3. The van der Waals surface area contributed by atoms with Crippen LogP contribution in [0.2, 0.25) is 0 Å². The summed E-state index contributed by atoms with van der Waals surface area (Å²) in [5, 5.41) is 11.9. The van der Waals surface area contributed by atoms with Gasteiger partial charge in [0, 0.05) is 13.1 Å². The van der Waals surface area contributed by atoms with Crippen molar-refractivity contribution in [1.29, 1.82) is 0 Å². The van der Waals surface area contributed by atoms with Crippen molar-refractivity contribution in [1.82, 2.24) is 20.1 Å². The third-order valence-corrected chi connectivity index (χ3v) is 4.09. The summed E-state index contributed by atoms with van der Waals surface area (Å²) in [6.45, 7) is 5.14. The topological polar surface area (TPSA) is 42.7 Å². The first-order valence-electron chi connectivity index (χ1n) is 6.79. The minimum atomic E-state index is 0.672. The van der Waals surface area contributed by atoms with E-state index in [1.54, 1.807) is 0 Å². The lowest BCUT2D eigenvalue weighted by Gasteiger charge is -2.29. The van der Waals surface area contributed by atoms with E-state index < -0.39 is 0 Å². The molecule has 0 spiro atoms. The monoisotopic (exact) mass is 236 g/mol. The Hall–Kier alpha value is -0.900. The maximum atomic E-state index is 4.19. The van der Waals surface area contributed by atoms with Crippen LogP contribution in [0.25, 0.3) is 0 Å². The van der Waals surface area contributed by atoms with Crippen LogP contribution >= 0.6 is 0 Å². The Morgan fingerprint density at radius 1 is 1.35 bits per heavy atom. The van der Waals surface area contributed by atoms with E-state index in [1.165, 1.54) is 32.1 Å². The number of nitrogens with zero attached hydrogens (tertiary/aromatic N) is 3. The summed E-state index contributed by atoms with van der Waals surface area (Å²) in [5.41, 5.74) is 0. The maximum absolute atomic E-state index is 4.19. The fourth-order valence-electron chi connectivity index (χ4n) is 2.69. The first-order valence-corrected chi connectivity index (χ1v) is 6.79.